The van der Waals surface area contributed by atoms with E-state index in [0.29, 0.717) is 19.1 Å². The maximum Gasteiger partial charge on any atom is 0.305 e. The van der Waals surface area contributed by atoms with E-state index in [9.17, 15) is 4.79 Å². The fourth-order valence-electron chi connectivity index (χ4n) is 1.65. The van der Waals surface area contributed by atoms with Crippen molar-refractivity contribution in [3.63, 3.8) is 0 Å². The minimum Gasteiger partial charge on any atom is -0.464 e. The van der Waals surface area contributed by atoms with E-state index in [1.54, 1.807) is 0 Å². The number of rotatable bonds is 5. The summed E-state index contributed by atoms with van der Waals surface area (Å²) in [6.07, 6.45) is 6.21. The lowest BCUT2D eigenvalue weighted by Gasteiger charge is -2.22. The van der Waals surface area contributed by atoms with E-state index >= 15 is 0 Å². The molecule has 1 fully saturated rings. The van der Waals surface area contributed by atoms with Gasteiger partial charge in [0.25, 0.3) is 0 Å². The zero-order valence-corrected chi connectivity index (χ0v) is 9.05. The third-order valence-electron chi connectivity index (χ3n) is 2.59. The van der Waals surface area contributed by atoms with Crippen molar-refractivity contribution in [1.29, 1.82) is 0 Å². The summed E-state index contributed by atoms with van der Waals surface area (Å²) in [4.78, 5) is 11.2. The molecule has 82 valence electrons. The lowest BCUT2D eigenvalue weighted by Crippen LogP contribution is -2.38. The summed E-state index contributed by atoms with van der Waals surface area (Å²) >= 11 is 0. The van der Waals surface area contributed by atoms with Gasteiger partial charge in [-0.2, -0.15) is 0 Å². The second kappa shape index (κ2) is 6.82. The van der Waals surface area contributed by atoms with Crippen molar-refractivity contribution >= 4 is 5.97 Å². The Bertz CT molecular complexity index is 165. The Balaban J connectivity index is 2.03. The lowest BCUT2D eigenvalue weighted by molar-refractivity contribution is -0.144. The molecule has 1 aliphatic heterocycles. The van der Waals surface area contributed by atoms with Gasteiger partial charge in [-0.1, -0.05) is 19.8 Å². The van der Waals surface area contributed by atoms with Gasteiger partial charge in [-0.3, -0.25) is 4.79 Å². The highest BCUT2D eigenvalue weighted by atomic mass is 16.5. The van der Waals surface area contributed by atoms with Gasteiger partial charge in [-0.15, -0.1) is 0 Å². The highest BCUT2D eigenvalue weighted by Gasteiger charge is 2.14. The molecule has 0 unspecified atom stereocenters. The van der Waals surface area contributed by atoms with Crippen molar-refractivity contribution in [3.8, 4) is 0 Å². The minimum atomic E-state index is -0.0424. The van der Waals surface area contributed by atoms with Crippen LogP contribution in [0, 0.1) is 0 Å². The number of hydrogen-bond donors (Lipinski definition) is 1. The molecule has 14 heavy (non-hydrogen) atoms. The predicted octanol–water partition coefficient (Wildman–Crippen LogP) is 1.86. The smallest absolute Gasteiger partial charge is 0.305 e. The largest absolute Gasteiger partial charge is 0.464 e. The molecule has 1 N–H and O–H groups in total. The van der Waals surface area contributed by atoms with Gasteiger partial charge in [0.2, 0.25) is 0 Å². The van der Waals surface area contributed by atoms with Crippen LogP contribution in [-0.4, -0.2) is 25.2 Å². The number of carbonyl (C=O) groups is 1. The molecule has 1 atom stereocenters. The molecule has 1 saturated heterocycles. The van der Waals surface area contributed by atoms with Gasteiger partial charge in [0.05, 0.1) is 0 Å². The van der Waals surface area contributed by atoms with Crippen LogP contribution < -0.4 is 5.32 Å². The molecule has 0 spiro atoms. The van der Waals surface area contributed by atoms with E-state index in [1.807, 2.05) is 0 Å². The molecule has 0 radical (unpaired) electrons. The van der Waals surface area contributed by atoms with Crippen molar-refractivity contribution in [2.45, 2.75) is 51.5 Å². The highest BCUT2D eigenvalue weighted by Crippen LogP contribution is 2.07. The van der Waals surface area contributed by atoms with E-state index in [-0.39, 0.29) is 5.97 Å². The van der Waals surface area contributed by atoms with Gasteiger partial charge in [0, 0.05) is 12.5 Å². The van der Waals surface area contributed by atoms with Crippen molar-refractivity contribution in [1.82, 2.24) is 5.32 Å². The van der Waals surface area contributed by atoms with Gasteiger partial charge < -0.3 is 10.1 Å². The summed E-state index contributed by atoms with van der Waals surface area (Å²) in [5.74, 6) is -0.0424. The Morgan fingerprint density at radius 2 is 2.36 bits per heavy atom. The molecule has 0 bridgehead atoms. The van der Waals surface area contributed by atoms with Crippen LogP contribution in [0.5, 0.6) is 0 Å². The Kier molecular flexibility index (Phi) is 5.60. The molecule has 0 aromatic carbocycles. The number of esters is 1. The van der Waals surface area contributed by atoms with E-state index < -0.39 is 0 Å². The van der Waals surface area contributed by atoms with Crippen LogP contribution in [0.15, 0.2) is 0 Å². The van der Waals surface area contributed by atoms with Crippen molar-refractivity contribution in [2.24, 2.45) is 0 Å². The van der Waals surface area contributed by atoms with Crippen LogP contribution >= 0.6 is 0 Å². The number of ether oxygens (including phenoxy) is 1. The van der Waals surface area contributed by atoms with E-state index in [4.69, 9.17) is 4.74 Å². The molecule has 1 heterocycles. The van der Waals surface area contributed by atoms with Gasteiger partial charge in [0.15, 0.2) is 0 Å². The number of unbranched alkanes of at least 4 members (excludes halogenated alkanes) is 1. The van der Waals surface area contributed by atoms with E-state index in [1.165, 1.54) is 12.8 Å². The maximum atomic E-state index is 11.2. The molecule has 0 aromatic heterocycles. The normalized spacial score (nSPS) is 21.9. The average Bonchev–Trinajstić information content (AvgIpc) is 2.25. The van der Waals surface area contributed by atoms with Crippen LogP contribution in [0.1, 0.15) is 45.4 Å². The second-order valence-electron chi connectivity index (χ2n) is 3.93. The Morgan fingerprint density at radius 1 is 1.50 bits per heavy atom. The van der Waals surface area contributed by atoms with Crippen molar-refractivity contribution in [2.75, 3.05) is 13.2 Å². The molecule has 0 aromatic rings. The summed E-state index contributed by atoms with van der Waals surface area (Å²) in [6.45, 7) is 3.70. The number of piperidine rings is 1. The minimum absolute atomic E-state index is 0.0424. The monoisotopic (exact) mass is 199 g/mol. The third kappa shape index (κ3) is 4.61. The first-order valence-electron chi connectivity index (χ1n) is 5.72. The van der Waals surface area contributed by atoms with Gasteiger partial charge in [-0.25, -0.2) is 0 Å². The summed E-state index contributed by atoms with van der Waals surface area (Å²) in [5.41, 5.74) is 0. The van der Waals surface area contributed by atoms with Crippen molar-refractivity contribution < 1.29 is 9.53 Å². The van der Waals surface area contributed by atoms with Gasteiger partial charge in [0.1, 0.15) is 6.61 Å². The van der Waals surface area contributed by atoms with Crippen molar-refractivity contribution in [3.05, 3.63) is 0 Å². The molecule has 1 aliphatic rings. The van der Waals surface area contributed by atoms with Crippen LogP contribution in [-0.2, 0) is 9.53 Å². The first kappa shape index (κ1) is 11.5. The summed E-state index contributed by atoms with van der Waals surface area (Å²) in [7, 11) is 0. The zero-order chi connectivity index (χ0) is 10.2. The molecule has 0 aliphatic carbocycles. The van der Waals surface area contributed by atoms with Gasteiger partial charge in [-0.05, 0) is 25.8 Å². The summed E-state index contributed by atoms with van der Waals surface area (Å²) in [5, 5.41) is 3.35. The van der Waals surface area contributed by atoms with Crippen LogP contribution in [0.4, 0.5) is 0 Å². The molecule has 0 amide bonds. The first-order chi connectivity index (χ1) is 6.83. The highest BCUT2D eigenvalue weighted by molar-refractivity contribution is 5.69. The molecule has 3 nitrogen and oxygen atoms in total. The van der Waals surface area contributed by atoms with Crippen LogP contribution in [0.25, 0.3) is 0 Å². The molecule has 3 heteroatoms. The summed E-state index contributed by atoms with van der Waals surface area (Å²) < 4.78 is 5.18. The number of carbonyl (C=O) groups excluding carboxylic acids is 1. The van der Waals surface area contributed by atoms with E-state index in [0.717, 1.165) is 25.8 Å². The molecular formula is C11H21NO2. The average molecular weight is 199 g/mol. The Labute approximate surface area is 86.2 Å². The number of hydrogen-bond acceptors (Lipinski definition) is 3. The Morgan fingerprint density at radius 3 is 3.00 bits per heavy atom. The second-order valence-corrected chi connectivity index (χ2v) is 3.93. The third-order valence-corrected chi connectivity index (χ3v) is 2.59. The Hall–Kier alpha value is -0.570. The summed E-state index contributed by atoms with van der Waals surface area (Å²) in [6, 6.07) is 0.398. The predicted molar refractivity (Wildman–Crippen MR) is 56.1 cm³/mol. The van der Waals surface area contributed by atoms with E-state index in [2.05, 4.69) is 12.2 Å². The lowest BCUT2D eigenvalue weighted by atomic mass is 10.1. The molecule has 1 rings (SSSR count). The molecular weight excluding hydrogens is 178 g/mol. The quantitative estimate of drug-likeness (QED) is 0.687. The standard InChI is InChI=1S/C11H21NO2/c1-2-3-7-11(13)14-9-10-6-4-5-8-12-10/h10,12H,2-9H2,1H3/t10-/m0/s1. The van der Waals surface area contributed by atoms with Crippen LogP contribution in [0.2, 0.25) is 0 Å². The topological polar surface area (TPSA) is 38.3 Å². The van der Waals surface area contributed by atoms with Crippen LogP contribution in [0.3, 0.4) is 0 Å². The SMILES string of the molecule is CCCCC(=O)OC[C@@H]1CCCCN1. The maximum absolute atomic E-state index is 11.2. The zero-order valence-electron chi connectivity index (χ0n) is 9.05. The van der Waals surface area contributed by atoms with Gasteiger partial charge >= 0.3 is 5.97 Å². The molecule has 0 saturated carbocycles. The fraction of sp³-hybridized carbons (Fsp3) is 0.909. The fourth-order valence-corrected chi connectivity index (χ4v) is 1.65. The number of nitrogens with one attached hydrogen (secondary N) is 1. The first-order valence-corrected chi connectivity index (χ1v) is 5.72.